The zero-order valence-electron chi connectivity index (χ0n) is 10.5. The van der Waals surface area contributed by atoms with Gasteiger partial charge in [-0.3, -0.25) is 0 Å². The Kier molecular flexibility index (Phi) is 2.90. The standard InChI is InChI=1S/C11H13ClN4O2/c1-5-8(11(17)18)10(15(4)13-5)16-7(3)9(12)6(2)14-16/h1-4H3,(H,17,18). The average Bonchev–Trinajstić information content (AvgIpc) is 2.70. The van der Waals surface area contributed by atoms with E-state index in [2.05, 4.69) is 10.2 Å². The lowest BCUT2D eigenvalue weighted by Gasteiger charge is -2.06. The highest BCUT2D eigenvalue weighted by molar-refractivity contribution is 6.31. The highest BCUT2D eigenvalue weighted by atomic mass is 35.5. The second-order valence-electron chi connectivity index (χ2n) is 4.11. The molecular weight excluding hydrogens is 256 g/mol. The molecule has 0 radical (unpaired) electrons. The van der Waals surface area contributed by atoms with Crippen molar-refractivity contribution in [2.75, 3.05) is 0 Å². The fourth-order valence-corrected chi connectivity index (χ4v) is 2.09. The zero-order valence-corrected chi connectivity index (χ0v) is 11.3. The molecule has 18 heavy (non-hydrogen) atoms. The maximum absolute atomic E-state index is 11.3. The summed E-state index contributed by atoms with van der Waals surface area (Å²) in [6.45, 7) is 5.21. The van der Waals surface area contributed by atoms with Crippen LogP contribution >= 0.6 is 11.6 Å². The number of rotatable bonds is 2. The maximum Gasteiger partial charge on any atom is 0.341 e. The lowest BCUT2D eigenvalue weighted by Crippen LogP contribution is -2.11. The molecule has 2 aromatic heterocycles. The predicted molar refractivity (Wildman–Crippen MR) is 66.5 cm³/mol. The molecule has 0 aromatic carbocycles. The van der Waals surface area contributed by atoms with Gasteiger partial charge in [0.05, 0.1) is 22.1 Å². The van der Waals surface area contributed by atoms with E-state index in [1.807, 2.05) is 0 Å². The highest BCUT2D eigenvalue weighted by Gasteiger charge is 2.24. The van der Waals surface area contributed by atoms with Crippen LogP contribution < -0.4 is 0 Å². The van der Waals surface area contributed by atoms with Crippen LogP contribution in [0.1, 0.15) is 27.4 Å². The Morgan fingerprint density at radius 2 is 1.83 bits per heavy atom. The summed E-state index contributed by atoms with van der Waals surface area (Å²) in [4.78, 5) is 11.3. The summed E-state index contributed by atoms with van der Waals surface area (Å²) in [6, 6.07) is 0. The van der Waals surface area contributed by atoms with Gasteiger partial charge in [0.1, 0.15) is 5.56 Å². The van der Waals surface area contributed by atoms with E-state index in [0.29, 0.717) is 27.9 Å². The lowest BCUT2D eigenvalue weighted by atomic mass is 10.2. The van der Waals surface area contributed by atoms with Crippen molar-refractivity contribution in [2.24, 2.45) is 7.05 Å². The Morgan fingerprint density at radius 1 is 1.22 bits per heavy atom. The van der Waals surface area contributed by atoms with E-state index < -0.39 is 5.97 Å². The molecule has 2 aromatic rings. The summed E-state index contributed by atoms with van der Waals surface area (Å²) >= 11 is 6.08. The average molecular weight is 269 g/mol. The van der Waals surface area contributed by atoms with Crippen LogP contribution in [0.5, 0.6) is 0 Å². The minimum absolute atomic E-state index is 0.139. The number of carboxylic acids is 1. The largest absolute Gasteiger partial charge is 0.477 e. The Bertz CT molecular complexity index is 642. The van der Waals surface area contributed by atoms with Crippen LogP contribution in [0.15, 0.2) is 0 Å². The molecular formula is C11H13ClN4O2. The predicted octanol–water partition coefficient (Wildman–Crippen LogP) is 1.88. The third-order valence-electron chi connectivity index (χ3n) is 2.81. The quantitative estimate of drug-likeness (QED) is 0.903. The minimum atomic E-state index is -1.03. The molecule has 0 fully saturated rings. The molecule has 0 bridgehead atoms. The van der Waals surface area contributed by atoms with Crippen molar-refractivity contribution in [3.05, 3.63) is 27.7 Å². The number of aromatic carboxylic acids is 1. The van der Waals surface area contributed by atoms with Gasteiger partial charge in [0, 0.05) is 7.05 Å². The molecule has 0 aliphatic heterocycles. The van der Waals surface area contributed by atoms with Gasteiger partial charge >= 0.3 is 5.97 Å². The van der Waals surface area contributed by atoms with Crippen molar-refractivity contribution in [3.8, 4) is 5.82 Å². The number of nitrogens with zero attached hydrogens (tertiary/aromatic N) is 4. The molecule has 2 rings (SSSR count). The Hall–Kier alpha value is -1.82. The monoisotopic (exact) mass is 268 g/mol. The van der Waals surface area contributed by atoms with E-state index in [1.165, 1.54) is 9.36 Å². The SMILES string of the molecule is Cc1nn(-c2c(C(=O)O)c(C)nn2C)c(C)c1Cl. The van der Waals surface area contributed by atoms with E-state index in [9.17, 15) is 9.90 Å². The third-order valence-corrected chi connectivity index (χ3v) is 3.36. The molecule has 0 saturated heterocycles. The second-order valence-corrected chi connectivity index (χ2v) is 4.49. The molecule has 0 aliphatic carbocycles. The fourth-order valence-electron chi connectivity index (χ4n) is 1.97. The number of aryl methyl sites for hydroxylation is 3. The van der Waals surface area contributed by atoms with Crippen molar-refractivity contribution < 1.29 is 9.90 Å². The molecule has 96 valence electrons. The van der Waals surface area contributed by atoms with Gasteiger partial charge in [0.25, 0.3) is 0 Å². The molecule has 1 N–H and O–H groups in total. The van der Waals surface area contributed by atoms with Gasteiger partial charge < -0.3 is 5.11 Å². The molecule has 0 atom stereocenters. The van der Waals surface area contributed by atoms with E-state index in [-0.39, 0.29) is 5.56 Å². The van der Waals surface area contributed by atoms with Crippen LogP contribution in [-0.4, -0.2) is 30.6 Å². The van der Waals surface area contributed by atoms with Crippen LogP contribution in [0.3, 0.4) is 0 Å². The van der Waals surface area contributed by atoms with Gasteiger partial charge in [0.2, 0.25) is 0 Å². The fraction of sp³-hybridized carbons (Fsp3) is 0.364. The van der Waals surface area contributed by atoms with Gasteiger partial charge in [0.15, 0.2) is 5.82 Å². The third kappa shape index (κ3) is 1.69. The summed E-state index contributed by atoms with van der Waals surface area (Å²) < 4.78 is 3.01. The molecule has 0 saturated carbocycles. The van der Waals surface area contributed by atoms with Crippen molar-refractivity contribution in [2.45, 2.75) is 20.8 Å². The molecule has 0 amide bonds. The zero-order chi connectivity index (χ0) is 13.6. The normalized spacial score (nSPS) is 10.9. The van der Waals surface area contributed by atoms with Crippen LogP contribution in [0.2, 0.25) is 5.02 Å². The van der Waals surface area contributed by atoms with Crippen LogP contribution in [0.4, 0.5) is 0 Å². The summed E-state index contributed by atoms with van der Waals surface area (Å²) in [5.74, 6) is -0.619. The van der Waals surface area contributed by atoms with Crippen molar-refractivity contribution in [3.63, 3.8) is 0 Å². The minimum Gasteiger partial charge on any atom is -0.477 e. The number of carboxylic acid groups (broad SMARTS) is 1. The van der Waals surface area contributed by atoms with Gasteiger partial charge in [-0.25, -0.2) is 14.2 Å². The van der Waals surface area contributed by atoms with E-state index in [4.69, 9.17) is 11.6 Å². The summed E-state index contributed by atoms with van der Waals surface area (Å²) in [5, 5.41) is 18.2. The first-order chi connectivity index (χ1) is 8.34. The summed E-state index contributed by atoms with van der Waals surface area (Å²) in [6.07, 6.45) is 0. The van der Waals surface area contributed by atoms with Gasteiger partial charge in [-0.1, -0.05) is 11.6 Å². The Labute approximate surface area is 109 Å². The Balaban J connectivity index is 2.78. The lowest BCUT2D eigenvalue weighted by molar-refractivity contribution is 0.0696. The molecule has 6 nitrogen and oxygen atoms in total. The second kappa shape index (κ2) is 4.13. The van der Waals surface area contributed by atoms with Crippen molar-refractivity contribution in [1.82, 2.24) is 19.6 Å². The number of hydrogen-bond donors (Lipinski definition) is 1. The van der Waals surface area contributed by atoms with Gasteiger partial charge in [-0.05, 0) is 20.8 Å². The van der Waals surface area contributed by atoms with Crippen LogP contribution in [-0.2, 0) is 7.05 Å². The smallest absolute Gasteiger partial charge is 0.341 e. The molecule has 2 heterocycles. The van der Waals surface area contributed by atoms with E-state index in [0.717, 1.165) is 0 Å². The van der Waals surface area contributed by atoms with E-state index >= 15 is 0 Å². The van der Waals surface area contributed by atoms with Crippen molar-refractivity contribution in [1.29, 1.82) is 0 Å². The first-order valence-corrected chi connectivity index (χ1v) is 5.71. The first kappa shape index (κ1) is 12.6. The molecule has 0 spiro atoms. The Morgan fingerprint density at radius 3 is 2.28 bits per heavy atom. The molecule has 0 unspecified atom stereocenters. The maximum atomic E-state index is 11.3. The number of halogens is 1. The number of aromatic nitrogens is 4. The van der Waals surface area contributed by atoms with Gasteiger partial charge in [-0.15, -0.1) is 0 Å². The van der Waals surface area contributed by atoms with Crippen LogP contribution in [0.25, 0.3) is 5.82 Å². The summed E-state index contributed by atoms with van der Waals surface area (Å²) in [5.41, 5.74) is 1.94. The number of hydrogen-bond acceptors (Lipinski definition) is 3. The molecule has 7 heteroatoms. The number of carbonyl (C=O) groups is 1. The van der Waals surface area contributed by atoms with Crippen molar-refractivity contribution >= 4 is 17.6 Å². The molecule has 0 aliphatic rings. The highest BCUT2D eigenvalue weighted by Crippen LogP contribution is 2.25. The van der Waals surface area contributed by atoms with Crippen LogP contribution in [0, 0.1) is 20.8 Å². The van der Waals surface area contributed by atoms with Gasteiger partial charge in [-0.2, -0.15) is 10.2 Å². The van der Waals surface area contributed by atoms with E-state index in [1.54, 1.807) is 27.8 Å². The summed E-state index contributed by atoms with van der Waals surface area (Å²) in [7, 11) is 1.68. The topological polar surface area (TPSA) is 72.9 Å². The first-order valence-electron chi connectivity index (χ1n) is 5.33.